The third-order valence-corrected chi connectivity index (χ3v) is 1.89. The van der Waals surface area contributed by atoms with Crippen molar-refractivity contribution >= 4 is 11.4 Å². The first-order valence-corrected chi connectivity index (χ1v) is 4.52. The van der Waals surface area contributed by atoms with Gasteiger partial charge in [0.15, 0.2) is 0 Å². The lowest BCUT2D eigenvalue weighted by molar-refractivity contribution is 0.411. The van der Waals surface area contributed by atoms with Crippen LogP contribution in [0.25, 0.3) is 0 Å². The van der Waals surface area contributed by atoms with Crippen molar-refractivity contribution in [2.24, 2.45) is 5.41 Å². The predicted octanol–water partition coefficient (Wildman–Crippen LogP) is 2.44. The number of nitrogen functional groups attached to an aromatic ring is 2. The molecule has 0 amide bonds. The maximum Gasteiger partial charge on any atom is 0.0550 e. The van der Waals surface area contributed by atoms with Crippen LogP contribution in [0.1, 0.15) is 26.3 Å². The van der Waals surface area contributed by atoms with Gasteiger partial charge in [0.1, 0.15) is 0 Å². The molecule has 1 aromatic rings. The van der Waals surface area contributed by atoms with E-state index < -0.39 is 0 Å². The molecule has 0 aliphatic carbocycles. The zero-order valence-electron chi connectivity index (χ0n) is 8.59. The molecule has 0 spiro atoms. The van der Waals surface area contributed by atoms with Gasteiger partial charge in [-0.1, -0.05) is 26.8 Å². The molecule has 0 bridgehead atoms. The van der Waals surface area contributed by atoms with E-state index in [1.807, 2.05) is 18.2 Å². The quantitative estimate of drug-likeness (QED) is 0.649. The second-order valence-electron chi connectivity index (χ2n) is 4.70. The summed E-state index contributed by atoms with van der Waals surface area (Å²) in [4.78, 5) is 0. The average Bonchev–Trinajstić information content (AvgIpc) is 1.94. The summed E-state index contributed by atoms with van der Waals surface area (Å²) < 4.78 is 0. The number of hydrogen-bond donors (Lipinski definition) is 2. The minimum absolute atomic E-state index is 0.294. The van der Waals surface area contributed by atoms with Gasteiger partial charge in [-0.05, 0) is 29.5 Å². The van der Waals surface area contributed by atoms with Gasteiger partial charge in [-0.2, -0.15) is 0 Å². The van der Waals surface area contributed by atoms with Gasteiger partial charge in [0.05, 0.1) is 11.4 Å². The molecule has 0 aliphatic heterocycles. The summed E-state index contributed by atoms with van der Waals surface area (Å²) in [5.41, 5.74) is 14.2. The fraction of sp³-hybridized carbons (Fsp3) is 0.455. The average molecular weight is 178 g/mol. The topological polar surface area (TPSA) is 52.0 Å². The third-order valence-electron chi connectivity index (χ3n) is 1.89. The normalized spacial score (nSPS) is 11.6. The van der Waals surface area contributed by atoms with Gasteiger partial charge in [-0.25, -0.2) is 0 Å². The molecule has 4 N–H and O–H groups in total. The number of benzene rings is 1. The zero-order chi connectivity index (χ0) is 10.1. The van der Waals surface area contributed by atoms with Crippen LogP contribution in [0.4, 0.5) is 11.4 Å². The molecule has 1 rings (SSSR count). The highest BCUT2D eigenvalue weighted by Crippen LogP contribution is 2.23. The standard InChI is InChI=1S/C11H18N2/c1-11(2,3)7-8-4-5-9(12)10(13)6-8/h4-6H,7,12-13H2,1-3H3. The van der Waals surface area contributed by atoms with E-state index in [1.54, 1.807) is 0 Å². The van der Waals surface area contributed by atoms with Crippen LogP contribution >= 0.6 is 0 Å². The molecule has 0 aliphatic rings. The summed E-state index contributed by atoms with van der Waals surface area (Å²) in [5.74, 6) is 0. The van der Waals surface area contributed by atoms with E-state index in [0.717, 1.165) is 6.42 Å². The first-order chi connectivity index (χ1) is 5.88. The molecule has 13 heavy (non-hydrogen) atoms. The van der Waals surface area contributed by atoms with Crippen molar-refractivity contribution in [2.45, 2.75) is 27.2 Å². The van der Waals surface area contributed by atoms with Crippen molar-refractivity contribution in [3.8, 4) is 0 Å². The second kappa shape index (κ2) is 3.29. The van der Waals surface area contributed by atoms with Crippen molar-refractivity contribution in [3.63, 3.8) is 0 Å². The van der Waals surface area contributed by atoms with Crippen molar-refractivity contribution in [1.82, 2.24) is 0 Å². The highest BCUT2D eigenvalue weighted by Gasteiger charge is 2.11. The molecule has 1 aromatic carbocycles. The van der Waals surface area contributed by atoms with Crippen LogP contribution in [0.2, 0.25) is 0 Å². The van der Waals surface area contributed by atoms with Crippen molar-refractivity contribution in [3.05, 3.63) is 23.8 Å². The maximum absolute atomic E-state index is 5.71. The first kappa shape index (κ1) is 9.90. The van der Waals surface area contributed by atoms with E-state index in [1.165, 1.54) is 5.56 Å². The van der Waals surface area contributed by atoms with Crippen LogP contribution in [-0.4, -0.2) is 0 Å². The van der Waals surface area contributed by atoms with Crippen molar-refractivity contribution in [2.75, 3.05) is 11.5 Å². The summed E-state index contributed by atoms with van der Waals surface area (Å²) in [6, 6.07) is 5.87. The summed E-state index contributed by atoms with van der Waals surface area (Å²) in [7, 11) is 0. The Morgan fingerprint density at radius 1 is 1.08 bits per heavy atom. The SMILES string of the molecule is CC(C)(C)Cc1ccc(N)c(N)c1. The van der Waals surface area contributed by atoms with E-state index >= 15 is 0 Å². The fourth-order valence-corrected chi connectivity index (χ4v) is 1.35. The Bertz CT molecular complexity index is 297. The van der Waals surface area contributed by atoms with E-state index in [-0.39, 0.29) is 0 Å². The molecule has 0 saturated heterocycles. The summed E-state index contributed by atoms with van der Waals surface area (Å²) in [5, 5.41) is 0. The first-order valence-electron chi connectivity index (χ1n) is 4.52. The van der Waals surface area contributed by atoms with Crippen molar-refractivity contribution < 1.29 is 0 Å². The molecule has 0 radical (unpaired) electrons. The smallest absolute Gasteiger partial charge is 0.0550 e. The fourth-order valence-electron chi connectivity index (χ4n) is 1.35. The van der Waals surface area contributed by atoms with E-state index in [2.05, 4.69) is 20.8 Å². The Kier molecular flexibility index (Phi) is 2.50. The molecule has 0 saturated carbocycles. The van der Waals surface area contributed by atoms with E-state index in [4.69, 9.17) is 11.5 Å². The van der Waals surface area contributed by atoms with Crippen LogP contribution in [0.15, 0.2) is 18.2 Å². The molecule has 0 aromatic heterocycles. The molecule has 2 heteroatoms. The van der Waals surface area contributed by atoms with Gasteiger partial charge in [0.25, 0.3) is 0 Å². The van der Waals surface area contributed by atoms with Crippen LogP contribution in [-0.2, 0) is 6.42 Å². The van der Waals surface area contributed by atoms with Crippen molar-refractivity contribution in [1.29, 1.82) is 0 Å². The van der Waals surface area contributed by atoms with Gasteiger partial charge in [-0.15, -0.1) is 0 Å². The summed E-state index contributed by atoms with van der Waals surface area (Å²) >= 11 is 0. The Labute approximate surface area is 79.9 Å². The molecule has 2 nitrogen and oxygen atoms in total. The minimum atomic E-state index is 0.294. The Morgan fingerprint density at radius 3 is 2.15 bits per heavy atom. The van der Waals surface area contributed by atoms with Gasteiger partial charge in [-0.3, -0.25) is 0 Å². The minimum Gasteiger partial charge on any atom is -0.397 e. The summed E-state index contributed by atoms with van der Waals surface area (Å²) in [6.45, 7) is 6.62. The Hall–Kier alpha value is -1.18. The summed E-state index contributed by atoms with van der Waals surface area (Å²) in [6.07, 6.45) is 1.03. The highest BCUT2D eigenvalue weighted by atomic mass is 14.7. The molecular formula is C11H18N2. The van der Waals surface area contributed by atoms with Crippen LogP contribution < -0.4 is 11.5 Å². The van der Waals surface area contributed by atoms with Gasteiger partial charge >= 0.3 is 0 Å². The van der Waals surface area contributed by atoms with Gasteiger partial charge in [0.2, 0.25) is 0 Å². The maximum atomic E-state index is 5.71. The predicted molar refractivity (Wildman–Crippen MR) is 58.4 cm³/mol. The van der Waals surface area contributed by atoms with Crippen LogP contribution in [0.5, 0.6) is 0 Å². The Balaban J connectivity index is 2.86. The molecule has 0 unspecified atom stereocenters. The lowest BCUT2D eigenvalue weighted by Gasteiger charge is -2.18. The van der Waals surface area contributed by atoms with Crippen LogP contribution in [0.3, 0.4) is 0 Å². The highest BCUT2D eigenvalue weighted by molar-refractivity contribution is 5.63. The lowest BCUT2D eigenvalue weighted by Crippen LogP contribution is -2.09. The lowest BCUT2D eigenvalue weighted by atomic mass is 9.88. The monoisotopic (exact) mass is 178 g/mol. The van der Waals surface area contributed by atoms with Crippen LogP contribution in [0, 0.1) is 5.41 Å². The Morgan fingerprint density at radius 2 is 1.69 bits per heavy atom. The molecule has 0 atom stereocenters. The third kappa shape index (κ3) is 2.98. The van der Waals surface area contributed by atoms with Gasteiger partial charge < -0.3 is 11.5 Å². The molecule has 0 heterocycles. The number of rotatable bonds is 1. The number of hydrogen-bond acceptors (Lipinski definition) is 2. The van der Waals surface area contributed by atoms with E-state index in [9.17, 15) is 0 Å². The number of anilines is 2. The molecule has 0 fully saturated rings. The molecule has 72 valence electrons. The molecular weight excluding hydrogens is 160 g/mol. The zero-order valence-corrected chi connectivity index (χ0v) is 8.59. The second-order valence-corrected chi connectivity index (χ2v) is 4.70. The van der Waals surface area contributed by atoms with E-state index in [0.29, 0.717) is 16.8 Å². The van der Waals surface area contributed by atoms with Gasteiger partial charge in [0, 0.05) is 0 Å². The number of nitrogens with two attached hydrogens (primary N) is 2. The largest absolute Gasteiger partial charge is 0.397 e.